The van der Waals surface area contributed by atoms with Crippen molar-refractivity contribution in [3.05, 3.63) is 0 Å². The fourth-order valence-electron chi connectivity index (χ4n) is 10.7. The number of hydrogen-bond acceptors (Lipinski definition) is 2. The summed E-state index contributed by atoms with van der Waals surface area (Å²) in [6, 6.07) is 0. The van der Waals surface area contributed by atoms with Gasteiger partial charge in [-0.1, -0.05) is 27.7 Å². The van der Waals surface area contributed by atoms with E-state index in [9.17, 15) is 10.2 Å². The largest absolute Gasteiger partial charge is 0.390 e. The first kappa shape index (κ1) is 24.6. The van der Waals surface area contributed by atoms with E-state index in [2.05, 4.69) is 34.6 Å². The van der Waals surface area contributed by atoms with Gasteiger partial charge >= 0.3 is 0 Å². The first-order chi connectivity index (χ1) is 15.5. The molecule has 5 fully saturated rings. The topological polar surface area (TPSA) is 40.5 Å². The first-order valence-electron chi connectivity index (χ1n) is 14.9. The summed E-state index contributed by atoms with van der Waals surface area (Å²) in [5.41, 5.74) is 0.201. The lowest BCUT2D eigenvalue weighted by atomic mass is 9.43. The van der Waals surface area contributed by atoms with E-state index in [4.69, 9.17) is 0 Å². The predicted molar refractivity (Wildman–Crippen MR) is 137 cm³/mol. The lowest BCUT2D eigenvalue weighted by Crippen LogP contribution is -2.55. The molecule has 0 saturated heterocycles. The molecule has 33 heavy (non-hydrogen) atoms. The highest BCUT2D eigenvalue weighted by molar-refractivity contribution is 5.10. The van der Waals surface area contributed by atoms with Gasteiger partial charge in [0.05, 0.1) is 11.2 Å². The van der Waals surface area contributed by atoms with E-state index in [-0.39, 0.29) is 5.60 Å². The van der Waals surface area contributed by atoms with Crippen LogP contribution in [0.2, 0.25) is 0 Å². The maximum atomic E-state index is 11.2. The average molecular weight is 459 g/mol. The van der Waals surface area contributed by atoms with Crippen LogP contribution in [0, 0.1) is 52.3 Å². The van der Waals surface area contributed by atoms with E-state index in [0.717, 1.165) is 73.5 Å². The van der Waals surface area contributed by atoms with Crippen LogP contribution in [0.1, 0.15) is 131 Å². The molecule has 0 aliphatic heterocycles. The van der Waals surface area contributed by atoms with Crippen molar-refractivity contribution in [1.82, 2.24) is 0 Å². The minimum Gasteiger partial charge on any atom is -0.390 e. The molecular weight excluding hydrogens is 404 g/mol. The van der Waals surface area contributed by atoms with E-state index in [1.54, 1.807) is 0 Å². The zero-order chi connectivity index (χ0) is 23.6. The number of rotatable bonds is 4. The Morgan fingerprint density at radius 3 is 2.18 bits per heavy atom. The zero-order valence-corrected chi connectivity index (χ0v) is 22.5. The van der Waals surface area contributed by atoms with E-state index < -0.39 is 5.60 Å². The third kappa shape index (κ3) is 4.26. The highest BCUT2D eigenvalue weighted by Crippen LogP contribution is 2.69. The summed E-state index contributed by atoms with van der Waals surface area (Å²) >= 11 is 0. The minimum absolute atomic E-state index is 0.369. The molecule has 0 radical (unpaired) electrons. The van der Waals surface area contributed by atoms with Crippen LogP contribution in [0.15, 0.2) is 0 Å². The van der Waals surface area contributed by atoms with Crippen molar-refractivity contribution in [1.29, 1.82) is 0 Å². The summed E-state index contributed by atoms with van der Waals surface area (Å²) in [6.07, 6.45) is 18.5. The van der Waals surface area contributed by atoms with Crippen molar-refractivity contribution in [3.63, 3.8) is 0 Å². The standard InChI is InChI=1S/C31H54O2/c1-21-10-15-31(33,16-11-21)17-12-22(2)25-8-9-26-24-7-6-23-20-28(3,32)18-19-29(23,4)27(24)13-14-30(25,26)5/h21-27,32-33H,6-20H2,1-5H3/t21?,22-,23+,24+,25-,26+,27+,28+,29+,30-,31?/m1/s1. The van der Waals surface area contributed by atoms with Crippen LogP contribution in [0.3, 0.4) is 0 Å². The molecular formula is C31H54O2. The molecule has 5 aliphatic rings. The Morgan fingerprint density at radius 2 is 1.45 bits per heavy atom. The van der Waals surface area contributed by atoms with Crippen molar-refractivity contribution < 1.29 is 10.2 Å². The summed E-state index contributed by atoms with van der Waals surface area (Å²) in [5.74, 6) is 5.88. The Hall–Kier alpha value is -0.0800. The highest BCUT2D eigenvalue weighted by atomic mass is 16.3. The molecule has 9 atom stereocenters. The quantitative estimate of drug-likeness (QED) is 0.452. The second-order valence-electron chi connectivity index (χ2n) is 15.0. The molecule has 0 bridgehead atoms. The van der Waals surface area contributed by atoms with Crippen LogP contribution in [0.4, 0.5) is 0 Å². The smallest absolute Gasteiger partial charge is 0.0648 e. The lowest BCUT2D eigenvalue weighted by molar-refractivity contribution is -0.148. The number of hydrogen-bond donors (Lipinski definition) is 2. The molecule has 190 valence electrons. The van der Waals surface area contributed by atoms with Crippen molar-refractivity contribution in [2.24, 2.45) is 52.3 Å². The van der Waals surface area contributed by atoms with Crippen LogP contribution < -0.4 is 0 Å². The summed E-state index contributed by atoms with van der Waals surface area (Å²) < 4.78 is 0. The van der Waals surface area contributed by atoms with Crippen LogP contribution in [0.25, 0.3) is 0 Å². The van der Waals surface area contributed by atoms with Crippen LogP contribution in [-0.2, 0) is 0 Å². The monoisotopic (exact) mass is 458 g/mol. The molecule has 0 heterocycles. The SMILES string of the molecule is CC1CCC(O)(CC[C@@H](C)[C@H]2CC[C@H]3[C@@H]4CC[C@H]5C[C@@](C)(O)CC[C@]5(C)[C@H]4CC[C@]23C)CC1. The van der Waals surface area contributed by atoms with Gasteiger partial charge in [-0.2, -0.15) is 0 Å². The van der Waals surface area contributed by atoms with Crippen molar-refractivity contribution in [2.45, 2.75) is 142 Å². The maximum Gasteiger partial charge on any atom is 0.0648 e. The van der Waals surface area contributed by atoms with Gasteiger partial charge < -0.3 is 10.2 Å². The molecule has 0 amide bonds. The number of aliphatic hydroxyl groups is 2. The van der Waals surface area contributed by atoms with Gasteiger partial charge in [0, 0.05) is 0 Å². The summed E-state index contributed by atoms with van der Waals surface area (Å²) in [7, 11) is 0. The first-order valence-corrected chi connectivity index (χ1v) is 14.9. The third-order valence-electron chi connectivity index (χ3n) is 13.0. The molecule has 2 nitrogen and oxygen atoms in total. The normalized spacial score (nSPS) is 55.4. The van der Waals surface area contributed by atoms with Gasteiger partial charge in [0.2, 0.25) is 0 Å². The fraction of sp³-hybridized carbons (Fsp3) is 1.00. The van der Waals surface area contributed by atoms with Gasteiger partial charge in [-0.3, -0.25) is 0 Å². The van der Waals surface area contributed by atoms with Gasteiger partial charge in [-0.15, -0.1) is 0 Å². The van der Waals surface area contributed by atoms with Crippen molar-refractivity contribution >= 4 is 0 Å². The van der Waals surface area contributed by atoms with Crippen LogP contribution in [0.5, 0.6) is 0 Å². The summed E-state index contributed by atoms with van der Waals surface area (Å²) in [6.45, 7) is 12.3. The van der Waals surface area contributed by atoms with Crippen molar-refractivity contribution in [3.8, 4) is 0 Å². The maximum absolute atomic E-state index is 11.2. The lowest BCUT2D eigenvalue weighted by Gasteiger charge is -2.62. The van der Waals surface area contributed by atoms with E-state index >= 15 is 0 Å². The van der Waals surface area contributed by atoms with Gasteiger partial charge in [-0.25, -0.2) is 0 Å². The Bertz CT molecular complexity index is 706. The Kier molecular flexibility index (Phi) is 6.34. The van der Waals surface area contributed by atoms with Gasteiger partial charge in [0.25, 0.3) is 0 Å². The van der Waals surface area contributed by atoms with Crippen molar-refractivity contribution in [2.75, 3.05) is 0 Å². The third-order valence-corrected chi connectivity index (χ3v) is 13.0. The van der Waals surface area contributed by atoms with E-state index in [1.807, 2.05) is 0 Å². The molecule has 5 aliphatic carbocycles. The summed E-state index contributed by atoms with van der Waals surface area (Å²) in [4.78, 5) is 0. The number of fused-ring (bicyclic) bond motifs is 5. The molecule has 5 rings (SSSR count). The van der Waals surface area contributed by atoms with Gasteiger partial charge in [-0.05, 0) is 155 Å². The molecule has 0 aromatic rings. The second-order valence-corrected chi connectivity index (χ2v) is 15.0. The predicted octanol–water partition coefficient (Wildman–Crippen LogP) is 7.75. The molecule has 0 unspecified atom stereocenters. The molecule has 0 spiro atoms. The zero-order valence-electron chi connectivity index (χ0n) is 22.5. The molecule has 0 aromatic carbocycles. The summed E-state index contributed by atoms with van der Waals surface area (Å²) in [5, 5.41) is 22.0. The Labute approximate surface area is 204 Å². The molecule has 2 N–H and O–H groups in total. The van der Waals surface area contributed by atoms with E-state index in [1.165, 1.54) is 64.2 Å². The molecule has 2 heteroatoms. The minimum atomic E-state index is -0.422. The second kappa shape index (κ2) is 8.50. The van der Waals surface area contributed by atoms with Crippen LogP contribution in [-0.4, -0.2) is 21.4 Å². The van der Waals surface area contributed by atoms with E-state index in [0.29, 0.717) is 10.8 Å². The molecule has 0 aromatic heterocycles. The fourth-order valence-corrected chi connectivity index (χ4v) is 10.7. The Balaban J connectivity index is 1.25. The highest BCUT2D eigenvalue weighted by Gasteiger charge is 2.61. The molecule has 5 saturated carbocycles. The van der Waals surface area contributed by atoms with Crippen LogP contribution >= 0.6 is 0 Å². The Morgan fingerprint density at radius 1 is 0.758 bits per heavy atom. The van der Waals surface area contributed by atoms with Gasteiger partial charge in [0.15, 0.2) is 0 Å². The average Bonchev–Trinajstić information content (AvgIpc) is 3.12. The van der Waals surface area contributed by atoms with Gasteiger partial charge in [0.1, 0.15) is 0 Å².